The summed E-state index contributed by atoms with van der Waals surface area (Å²) >= 11 is 0. The molecule has 0 heterocycles. The Morgan fingerprint density at radius 2 is 2.00 bits per heavy atom. The van der Waals surface area contributed by atoms with Crippen LogP contribution in [0.15, 0.2) is 43.0 Å². The fraction of sp³-hybridized carbons (Fsp3) is 0.412. The summed E-state index contributed by atoms with van der Waals surface area (Å²) in [4.78, 5) is 23.0. The van der Waals surface area contributed by atoms with Gasteiger partial charge in [0.1, 0.15) is 0 Å². The van der Waals surface area contributed by atoms with Crippen molar-refractivity contribution in [3.05, 3.63) is 48.6 Å². The van der Waals surface area contributed by atoms with Gasteiger partial charge in [-0.15, -0.1) is 6.58 Å². The van der Waals surface area contributed by atoms with E-state index in [1.165, 1.54) is 0 Å². The maximum absolute atomic E-state index is 12.0. The minimum atomic E-state index is -0.861. The van der Waals surface area contributed by atoms with E-state index in [1.807, 2.05) is 37.3 Å². The highest BCUT2D eigenvalue weighted by atomic mass is 16.4. The maximum Gasteiger partial charge on any atom is 0.308 e. The van der Waals surface area contributed by atoms with Gasteiger partial charge in [0.2, 0.25) is 5.91 Å². The summed E-state index contributed by atoms with van der Waals surface area (Å²) in [5.74, 6) is -1.58. The number of aliphatic carboxylic acids is 1. The first-order chi connectivity index (χ1) is 10.1. The highest BCUT2D eigenvalue weighted by Crippen LogP contribution is 2.20. The van der Waals surface area contributed by atoms with Crippen LogP contribution in [0.5, 0.6) is 0 Å². The lowest BCUT2D eigenvalue weighted by molar-refractivity contribution is -0.141. The van der Waals surface area contributed by atoms with E-state index >= 15 is 0 Å². The van der Waals surface area contributed by atoms with Crippen LogP contribution in [0, 0.1) is 5.92 Å². The number of carboxylic acids is 1. The Balaban J connectivity index is 2.52. The van der Waals surface area contributed by atoms with Crippen molar-refractivity contribution in [1.82, 2.24) is 5.32 Å². The van der Waals surface area contributed by atoms with E-state index in [4.69, 9.17) is 5.11 Å². The minimum absolute atomic E-state index is 0.0550. The molecule has 4 nitrogen and oxygen atoms in total. The van der Waals surface area contributed by atoms with Crippen molar-refractivity contribution in [2.24, 2.45) is 5.92 Å². The molecule has 1 rings (SSSR count). The number of hydrogen-bond donors (Lipinski definition) is 2. The van der Waals surface area contributed by atoms with Gasteiger partial charge in [-0.25, -0.2) is 0 Å². The second-order valence-electron chi connectivity index (χ2n) is 5.08. The smallest absolute Gasteiger partial charge is 0.308 e. The van der Waals surface area contributed by atoms with Crippen molar-refractivity contribution in [2.75, 3.05) is 6.54 Å². The second-order valence-corrected chi connectivity index (χ2v) is 5.08. The molecule has 0 fully saturated rings. The summed E-state index contributed by atoms with van der Waals surface area (Å²) in [6.45, 7) is 5.88. The summed E-state index contributed by atoms with van der Waals surface area (Å²) in [6, 6.07) is 9.68. The highest BCUT2D eigenvalue weighted by Gasteiger charge is 2.18. The van der Waals surface area contributed by atoms with E-state index in [-0.39, 0.29) is 24.8 Å². The Hall–Kier alpha value is -2.10. The number of carbonyl (C=O) groups is 2. The Bertz CT molecular complexity index is 470. The predicted octanol–water partition coefficient (Wildman–Crippen LogP) is 2.96. The number of hydrogen-bond acceptors (Lipinski definition) is 2. The summed E-state index contributed by atoms with van der Waals surface area (Å²) in [5.41, 5.74) is 1.03. The average molecular weight is 289 g/mol. The fourth-order valence-electron chi connectivity index (χ4n) is 2.21. The Morgan fingerprint density at radius 3 is 2.52 bits per heavy atom. The molecule has 2 N–H and O–H groups in total. The van der Waals surface area contributed by atoms with E-state index in [9.17, 15) is 9.59 Å². The molecule has 0 saturated heterocycles. The third kappa shape index (κ3) is 5.81. The predicted molar refractivity (Wildman–Crippen MR) is 83.0 cm³/mol. The molecule has 0 saturated carbocycles. The van der Waals surface area contributed by atoms with Crippen molar-refractivity contribution < 1.29 is 14.7 Å². The quantitative estimate of drug-likeness (QED) is 0.687. The topological polar surface area (TPSA) is 66.4 Å². The molecule has 2 atom stereocenters. The van der Waals surface area contributed by atoms with Gasteiger partial charge in [-0.1, -0.05) is 49.8 Å². The molecule has 1 amide bonds. The minimum Gasteiger partial charge on any atom is -0.481 e. The normalized spacial score (nSPS) is 13.2. The molecule has 0 radical (unpaired) electrons. The number of benzene rings is 1. The zero-order valence-corrected chi connectivity index (χ0v) is 12.4. The molecule has 1 aromatic rings. The van der Waals surface area contributed by atoms with Gasteiger partial charge < -0.3 is 10.4 Å². The number of carboxylic acid groups (broad SMARTS) is 1. The molecule has 2 unspecified atom stereocenters. The van der Waals surface area contributed by atoms with E-state index in [0.29, 0.717) is 6.42 Å². The van der Waals surface area contributed by atoms with Crippen LogP contribution in [0.1, 0.15) is 37.7 Å². The van der Waals surface area contributed by atoms with Gasteiger partial charge in [-0.2, -0.15) is 0 Å². The van der Waals surface area contributed by atoms with E-state index in [2.05, 4.69) is 11.9 Å². The maximum atomic E-state index is 12.0. The van der Waals surface area contributed by atoms with Gasteiger partial charge in [0.25, 0.3) is 0 Å². The Morgan fingerprint density at radius 1 is 1.33 bits per heavy atom. The SMILES string of the molecule is C=CC(CC(=O)NCC(CCC)C(=O)O)c1ccccc1. The van der Waals surface area contributed by atoms with Crippen molar-refractivity contribution in [1.29, 1.82) is 0 Å². The summed E-state index contributed by atoms with van der Waals surface area (Å²) in [5, 5.41) is 11.8. The zero-order chi connectivity index (χ0) is 15.7. The van der Waals surface area contributed by atoms with Crippen LogP contribution in [0.4, 0.5) is 0 Å². The molecule has 0 aliphatic carbocycles. The van der Waals surface area contributed by atoms with Gasteiger partial charge in [-0.05, 0) is 12.0 Å². The summed E-state index contributed by atoms with van der Waals surface area (Å²) in [7, 11) is 0. The van der Waals surface area contributed by atoms with Gasteiger partial charge in [0.05, 0.1) is 5.92 Å². The van der Waals surface area contributed by atoms with Crippen molar-refractivity contribution in [3.8, 4) is 0 Å². The fourth-order valence-corrected chi connectivity index (χ4v) is 2.21. The Kier molecular flexibility index (Phi) is 7.23. The first-order valence-corrected chi connectivity index (χ1v) is 7.25. The van der Waals surface area contributed by atoms with Crippen molar-refractivity contribution >= 4 is 11.9 Å². The zero-order valence-electron chi connectivity index (χ0n) is 12.4. The molecule has 0 aliphatic rings. The molecule has 1 aromatic carbocycles. The number of amides is 1. The first-order valence-electron chi connectivity index (χ1n) is 7.25. The molecule has 21 heavy (non-hydrogen) atoms. The van der Waals surface area contributed by atoms with Crippen molar-refractivity contribution in [2.45, 2.75) is 32.1 Å². The molecule has 0 aliphatic heterocycles. The van der Waals surface area contributed by atoms with Crippen LogP contribution in [0.3, 0.4) is 0 Å². The van der Waals surface area contributed by atoms with Crippen LogP contribution in [0.25, 0.3) is 0 Å². The van der Waals surface area contributed by atoms with Crippen molar-refractivity contribution in [3.63, 3.8) is 0 Å². The van der Waals surface area contributed by atoms with Gasteiger partial charge >= 0.3 is 5.97 Å². The molecular weight excluding hydrogens is 266 g/mol. The number of rotatable bonds is 9. The van der Waals surface area contributed by atoms with Crippen LogP contribution in [-0.4, -0.2) is 23.5 Å². The molecule has 4 heteroatoms. The molecule has 114 valence electrons. The third-order valence-corrected chi connectivity index (χ3v) is 3.45. The highest BCUT2D eigenvalue weighted by molar-refractivity contribution is 5.78. The number of nitrogens with one attached hydrogen (secondary N) is 1. The van der Waals surface area contributed by atoms with Crippen LogP contribution in [0.2, 0.25) is 0 Å². The molecule has 0 spiro atoms. The molecule has 0 bridgehead atoms. The summed E-state index contributed by atoms with van der Waals surface area (Å²) in [6.07, 6.45) is 3.38. The van der Waals surface area contributed by atoms with E-state index in [1.54, 1.807) is 6.08 Å². The lowest BCUT2D eigenvalue weighted by atomic mass is 9.95. The van der Waals surface area contributed by atoms with Gasteiger partial charge in [0.15, 0.2) is 0 Å². The average Bonchev–Trinajstić information content (AvgIpc) is 2.49. The lowest BCUT2D eigenvalue weighted by Crippen LogP contribution is -2.33. The Labute approximate surface area is 125 Å². The van der Waals surface area contributed by atoms with E-state index in [0.717, 1.165) is 12.0 Å². The summed E-state index contributed by atoms with van der Waals surface area (Å²) < 4.78 is 0. The molecular formula is C17H23NO3. The van der Waals surface area contributed by atoms with Crippen LogP contribution >= 0.6 is 0 Å². The van der Waals surface area contributed by atoms with Crippen LogP contribution < -0.4 is 5.32 Å². The lowest BCUT2D eigenvalue weighted by Gasteiger charge is -2.15. The van der Waals surface area contributed by atoms with Crippen LogP contribution in [-0.2, 0) is 9.59 Å². The van der Waals surface area contributed by atoms with E-state index < -0.39 is 11.9 Å². The van der Waals surface area contributed by atoms with Gasteiger partial charge in [-0.3, -0.25) is 9.59 Å². The molecule has 0 aromatic heterocycles. The number of allylic oxidation sites excluding steroid dienone is 1. The standard InChI is InChI=1S/C17H23NO3/c1-3-8-15(17(20)21)12-18-16(19)11-13(4-2)14-9-6-5-7-10-14/h4-7,9-10,13,15H,2-3,8,11-12H2,1H3,(H,18,19)(H,20,21). The number of carbonyl (C=O) groups excluding carboxylic acids is 1. The van der Waals surface area contributed by atoms with Gasteiger partial charge in [0, 0.05) is 18.9 Å². The first kappa shape index (κ1) is 17.0. The third-order valence-electron chi connectivity index (χ3n) is 3.45. The largest absolute Gasteiger partial charge is 0.481 e. The second kappa shape index (κ2) is 8.95. The monoisotopic (exact) mass is 289 g/mol.